The zero-order valence-corrected chi connectivity index (χ0v) is 5.98. The minimum Gasteiger partial charge on any atom is -0.460 e. The van der Waals surface area contributed by atoms with Gasteiger partial charge in [0.2, 0.25) is 0 Å². The van der Waals surface area contributed by atoms with E-state index in [9.17, 15) is 19.3 Å². The van der Waals surface area contributed by atoms with E-state index in [4.69, 9.17) is 0 Å². The number of ketones is 1. The first-order chi connectivity index (χ1) is 5.70. The number of carbonyl (C=O) groups is 3. The Balaban J connectivity index is 3.49. The normalized spacial score (nSPS) is 8.33. The monoisotopic (exact) mass is 174 g/mol. The van der Waals surface area contributed by atoms with Crippen LogP contribution in [0.1, 0.15) is 0 Å². The van der Waals surface area contributed by atoms with Crippen LogP contribution in [0, 0.1) is 4.91 Å². The van der Waals surface area contributed by atoms with Gasteiger partial charge in [-0.25, -0.2) is 4.79 Å². The first-order valence-electron chi connectivity index (χ1n) is 2.89. The highest BCUT2D eigenvalue weighted by molar-refractivity contribution is 5.86. The predicted octanol–water partition coefficient (Wildman–Crippen LogP) is -0.795. The van der Waals surface area contributed by atoms with E-state index in [1.807, 2.05) is 10.5 Å². The largest absolute Gasteiger partial charge is 0.460 e. The number of nitrogens with zero attached hydrogens (tertiary/aromatic N) is 1. The van der Waals surface area contributed by atoms with Crippen molar-refractivity contribution in [3.8, 4) is 0 Å². The number of ether oxygens (including phenoxy) is 1. The summed E-state index contributed by atoms with van der Waals surface area (Å²) in [7, 11) is 0. The Morgan fingerprint density at radius 1 is 1.50 bits per heavy atom. The molecule has 0 radical (unpaired) electrons. The molecule has 0 aliphatic heterocycles. The van der Waals surface area contributed by atoms with Crippen molar-refractivity contribution >= 4 is 18.3 Å². The number of hydrogen-bond acceptors (Lipinski definition) is 5. The molecule has 0 aromatic rings. The summed E-state index contributed by atoms with van der Waals surface area (Å²) in [6.07, 6.45) is 0. The predicted molar refractivity (Wildman–Crippen MR) is 36.2 cm³/mol. The highest BCUT2D eigenvalue weighted by atomic mass is 16.5. The van der Waals surface area contributed by atoms with Crippen molar-refractivity contribution in [2.24, 2.45) is 5.18 Å². The molecule has 0 saturated heterocycles. The lowest BCUT2D eigenvalue weighted by Crippen LogP contribution is -2.29. The van der Waals surface area contributed by atoms with Crippen molar-refractivity contribution in [1.82, 2.24) is 5.32 Å². The summed E-state index contributed by atoms with van der Waals surface area (Å²) < 4.78 is 4.07. The van der Waals surface area contributed by atoms with E-state index < -0.39 is 18.4 Å². The van der Waals surface area contributed by atoms with Crippen LogP contribution in [0.3, 0.4) is 0 Å². The molecule has 0 saturated carbocycles. The Labute approximate surface area is 67.0 Å². The average Bonchev–Trinajstić information content (AvgIpc) is 2.10. The summed E-state index contributed by atoms with van der Waals surface area (Å²) in [6, 6.07) is -1.13. The number of hydrogen-bond donors (Lipinski definition) is 1. The summed E-state index contributed by atoms with van der Waals surface area (Å²) in [4.78, 5) is 39.8. The molecule has 0 fully saturated rings. The lowest BCUT2D eigenvalue weighted by Gasteiger charge is -1.97. The number of carbonyl (C=O) groups excluding carboxylic acids is 3. The molecule has 0 aromatic carbocycles. The topological polar surface area (TPSA) is 102 Å². The molecule has 2 amide bonds. The van der Waals surface area contributed by atoms with Gasteiger partial charge in [-0.3, -0.25) is 9.59 Å². The van der Waals surface area contributed by atoms with E-state index in [0.717, 1.165) is 0 Å². The number of nitroso groups, excluding NO2 is 1. The molecule has 12 heavy (non-hydrogen) atoms. The third-order valence-electron chi connectivity index (χ3n) is 0.832. The Hall–Kier alpha value is -1.79. The van der Waals surface area contributed by atoms with Gasteiger partial charge in [-0.1, -0.05) is 0 Å². The zero-order chi connectivity index (χ0) is 9.40. The van der Waals surface area contributed by atoms with Gasteiger partial charge >= 0.3 is 6.03 Å². The zero-order valence-electron chi connectivity index (χ0n) is 5.98. The molecule has 0 unspecified atom stereocenters. The fourth-order valence-electron chi connectivity index (χ4n) is 0.384. The molecule has 1 N–H and O–H groups in total. The fourth-order valence-corrected chi connectivity index (χ4v) is 0.384. The van der Waals surface area contributed by atoms with Crippen molar-refractivity contribution < 1.29 is 19.1 Å². The minimum atomic E-state index is -1.13. The van der Waals surface area contributed by atoms with Crippen LogP contribution in [-0.2, 0) is 14.3 Å². The van der Waals surface area contributed by atoms with Crippen molar-refractivity contribution in [2.45, 2.75) is 0 Å². The number of urea groups is 1. The van der Waals surface area contributed by atoms with Crippen molar-refractivity contribution in [1.29, 1.82) is 0 Å². The highest BCUT2D eigenvalue weighted by Crippen LogP contribution is 1.75. The van der Waals surface area contributed by atoms with E-state index in [-0.39, 0.29) is 13.0 Å². The SMILES string of the molecule is O=COCC(=O)CNC(=O)N=O. The summed E-state index contributed by atoms with van der Waals surface area (Å²) >= 11 is 0. The molecule has 7 heteroatoms. The van der Waals surface area contributed by atoms with Crippen LogP contribution in [0.25, 0.3) is 0 Å². The smallest absolute Gasteiger partial charge is 0.379 e. The Morgan fingerprint density at radius 2 is 2.17 bits per heavy atom. The third-order valence-corrected chi connectivity index (χ3v) is 0.832. The minimum absolute atomic E-state index is 0.109. The molecule has 0 bridgehead atoms. The summed E-state index contributed by atoms with van der Waals surface area (Å²) in [5, 5.41) is 3.86. The van der Waals surface area contributed by atoms with Gasteiger partial charge in [0.15, 0.2) is 12.4 Å². The van der Waals surface area contributed by atoms with Crippen LogP contribution in [0.5, 0.6) is 0 Å². The molecular weight excluding hydrogens is 168 g/mol. The summed E-state index contributed by atoms with van der Waals surface area (Å²) in [6.45, 7) is -0.696. The van der Waals surface area contributed by atoms with Gasteiger partial charge in [0.25, 0.3) is 6.47 Å². The Morgan fingerprint density at radius 3 is 2.67 bits per heavy atom. The average molecular weight is 174 g/mol. The van der Waals surface area contributed by atoms with Gasteiger partial charge in [-0.2, -0.15) is 0 Å². The van der Waals surface area contributed by atoms with Crippen molar-refractivity contribution in [3.05, 3.63) is 4.91 Å². The van der Waals surface area contributed by atoms with Crippen molar-refractivity contribution in [3.63, 3.8) is 0 Å². The second-order valence-electron chi connectivity index (χ2n) is 1.70. The number of rotatable bonds is 5. The van der Waals surface area contributed by atoms with Gasteiger partial charge in [0.05, 0.1) is 6.54 Å². The second kappa shape index (κ2) is 5.96. The van der Waals surface area contributed by atoms with E-state index in [0.29, 0.717) is 0 Å². The quantitative estimate of drug-likeness (QED) is 0.434. The van der Waals surface area contributed by atoms with Gasteiger partial charge in [0.1, 0.15) is 0 Å². The lowest BCUT2D eigenvalue weighted by atomic mass is 10.4. The summed E-state index contributed by atoms with van der Waals surface area (Å²) in [5.41, 5.74) is 0. The second-order valence-corrected chi connectivity index (χ2v) is 1.70. The highest BCUT2D eigenvalue weighted by Gasteiger charge is 2.04. The first-order valence-corrected chi connectivity index (χ1v) is 2.89. The van der Waals surface area contributed by atoms with Gasteiger partial charge in [-0.15, -0.1) is 4.91 Å². The maximum Gasteiger partial charge on any atom is 0.379 e. The molecule has 0 spiro atoms. The van der Waals surface area contributed by atoms with E-state index >= 15 is 0 Å². The van der Waals surface area contributed by atoms with Gasteiger partial charge < -0.3 is 10.1 Å². The standard InChI is InChI=1S/C5H6N2O5/c8-3-12-2-4(9)1-6-5(10)7-11/h3H,1-2H2,(H,6,10). The molecule has 7 nitrogen and oxygen atoms in total. The van der Waals surface area contributed by atoms with Crippen LogP contribution < -0.4 is 5.32 Å². The molecule has 0 heterocycles. The number of Topliss-reactive ketones (excluding diaryl/α,β-unsaturated/α-hetero) is 1. The van der Waals surface area contributed by atoms with Gasteiger partial charge in [0, 0.05) is 5.18 Å². The molecular formula is C5H6N2O5. The van der Waals surface area contributed by atoms with Crippen LogP contribution in [0.2, 0.25) is 0 Å². The van der Waals surface area contributed by atoms with E-state index in [2.05, 4.69) is 4.74 Å². The molecule has 0 atom stereocenters. The maximum absolute atomic E-state index is 10.6. The molecule has 0 rings (SSSR count). The Bertz CT molecular complexity index is 202. The number of amides is 2. The molecule has 66 valence electrons. The van der Waals surface area contributed by atoms with Crippen LogP contribution >= 0.6 is 0 Å². The fraction of sp³-hybridized carbons (Fsp3) is 0.400. The number of nitrogens with one attached hydrogen (secondary N) is 1. The van der Waals surface area contributed by atoms with E-state index in [1.165, 1.54) is 0 Å². The molecule has 0 aromatic heterocycles. The first kappa shape index (κ1) is 10.2. The van der Waals surface area contributed by atoms with E-state index in [1.54, 1.807) is 0 Å². The summed E-state index contributed by atoms with van der Waals surface area (Å²) in [5.74, 6) is -0.529. The van der Waals surface area contributed by atoms with Crippen molar-refractivity contribution in [2.75, 3.05) is 13.2 Å². The Kier molecular flexibility index (Phi) is 5.07. The van der Waals surface area contributed by atoms with Crippen LogP contribution in [-0.4, -0.2) is 31.4 Å². The third kappa shape index (κ3) is 5.03. The molecule has 0 aliphatic carbocycles. The van der Waals surface area contributed by atoms with Crippen LogP contribution in [0.15, 0.2) is 5.18 Å². The van der Waals surface area contributed by atoms with Gasteiger partial charge in [-0.05, 0) is 0 Å². The maximum atomic E-state index is 10.6. The lowest BCUT2D eigenvalue weighted by molar-refractivity contribution is -0.135. The molecule has 0 aliphatic rings. The van der Waals surface area contributed by atoms with Crippen LogP contribution in [0.4, 0.5) is 4.79 Å².